The highest BCUT2D eigenvalue weighted by Crippen LogP contribution is 2.42. The average molecular weight is 673 g/mol. The highest BCUT2D eigenvalue weighted by molar-refractivity contribution is 6.30. The van der Waals surface area contributed by atoms with E-state index in [1.165, 1.54) is 16.7 Å². The average Bonchev–Trinajstić information content (AvgIpc) is 3.75. The number of rotatable bonds is 9. The Balaban J connectivity index is 1.29. The maximum Gasteiger partial charge on any atom is 0.289 e. The van der Waals surface area contributed by atoms with Gasteiger partial charge in [-0.3, -0.25) is 19.6 Å². The van der Waals surface area contributed by atoms with Crippen LogP contribution in [-0.2, 0) is 12.0 Å². The van der Waals surface area contributed by atoms with Crippen molar-refractivity contribution in [2.24, 2.45) is 0 Å². The molecule has 3 heterocycles. The maximum absolute atomic E-state index is 13.4. The molecule has 0 saturated carbocycles. The molecule has 7 nitrogen and oxygen atoms in total. The van der Waals surface area contributed by atoms with Gasteiger partial charge in [-0.1, -0.05) is 115 Å². The molecule has 0 saturated heterocycles. The van der Waals surface area contributed by atoms with E-state index in [1.54, 1.807) is 12.4 Å². The van der Waals surface area contributed by atoms with Crippen LogP contribution in [0.5, 0.6) is 0 Å². The van der Waals surface area contributed by atoms with Crippen molar-refractivity contribution in [1.82, 2.24) is 30.0 Å². The Hall–Kier alpha value is -6.05. The maximum atomic E-state index is 13.4. The first-order chi connectivity index (χ1) is 24.5. The van der Waals surface area contributed by atoms with Gasteiger partial charge in [0.2, 0.25) is 5.82 Å². The standard InChI is InChI=1S/C42H33ClN6O/c1-28(30-12-11-19-34(43)24-30)45-41(50)40-46-36-25-35-38(26-37(36)47-40)49(48-39(35)29-20-22-44-23-21-29)27-42(31-13-5-2-6-14-31,32-15-7-3-8-16-32)33-17-9-4-10-18-33/h2-26,28,48H,27H2,1H3,(H,45,50)/t28-/m1/s1. The fraction of sp³-hybridized carbons (Fsp3) is 0.0952. The summed E-state index contributed by atoms with van der Waals surface area (Å²) >= 11 is 6.21. The molecule has 8 rings (SSSR count). The largest absolute Gasteiger partial charge is 0.343 e. The number of amides is 1. The van der Waals surface area contributed by atoms with Crippen LogP contribution < -0.4 is 5.32 Å². The molecule has 2 N–H and O–H groups in total. The number of nitrogens with one attached hydrogen (secondary N) is 2. The number of carbonyl (C=O) groups is 1. The number of H-pyrrole nitrogens is 1. The summed E-state index contributed by atoms with van der Waals surface area (Å²) in [7, 11) is 0. The van der Waals surface area contributed by atoms with Gasteiger partial charge in [-0.15, -0.1) is 0 Å². The summed E-state index contributed by atoms with van der Waals surface area (Å²) in [5, 5.41) is 8.37. The molecule has 3 aromatic heterocycles. The molecule has 0 radical (unpaired) electrons. The van der Waals surface area contributed by atoms with Gasteiger partial charge < -0.3 is 5.32 Å². The monoisotopic (exact) mass is 672 g/mol. The number of pyridine rings is 1. The number of nitrogens with zero attached hydrogens (tertiary/aromatic N) is 4. The van der Waals surface area contributed by atoms with Gasteiger partial charge in [0, 0.05) is 28.4 Å². The molecular formula is C42H33ClN6O. The van der Waals surface area contributed by atoms with Gasteiger partial charge >= 0.3 is 0 Å². The van der Waals surface area contributed by atoms with Crippen molar-refractivity contribution >= 4 is 39.4 Å². The van der Waals surface area contributed by atoms with E-state index in [0.717, 1.165) is 27.7 Å². The molecule has 0 aliphatic rings. The number of hydrogen-bond donors (Lipinski definition) is 2. The Morgan fingerprint density at radius 3 is 1.92 bits per heavy atom. The van der Waals surface area contributed by atoms with Crippen LogP contribution in [0.3, 0.4) is 0 Å². The molecule has 0 aliphatic heterocycles. The molecule has 5 aromatic carbocycles. The Kier molecular flexibility index (Phi) is 8.18. The Morgan fingerprint density at radius 1 is 0.760 bits per heavy atom. The minimum absolute atomic E-state index is 0.120. The fourth-order valence-electron chi connectivity index (χ4n) is 6.94. The van der Waals surface area contributed by atoms with Crippen molar-refractivity contribution in [2.75, 3.05) is 0 Å². The Morgan fingerprint density at radius 2 is 1.34 bits per heavy atom. The van der Waals surface area contributed by atoms with Gasteiger partial charge in [0.25, 0.3) is 5.91 Å². The first-order valence-electron chi connectivity index (χ1n) is 16.5. The van der Waals surface area contributed by atoms with E-state index >= 15 is 0 Å². The van der Waals surface area contributed by atoms with E-state index in [2.05, 4.69) is 111 Å². The predicted octanol–water partition coefficient (Wildman–Crippen LogP) is 9.15. The third kappa shape index (κ3) is 5.71. The number of aromatic amines is 1. The molecule has 0 aliphatic carbocycles. The van der Waals surface area contributed by atoms with E-state index in [1.807, 2.05) is 55.5 Å². The Labute approximate surface area is 294 Å². The van der Waals surface area contributed by atoms with Crippen LogP contribution in [0.15, 0.2) is 152 Å². The minimum Gasteiger partial charge on any atom is -0.343 e. The van der Waals surface area contributed by atoms with Crippen LogP contribution in [0, 0.1) is 0 Å². The molecule has 244 valence electrons. The summed E-state index contributed by atoms with van der Waals surface area (Å²) in [5.41, 5.74) is 7.97. The van der Waals surface area contributed by atoms with E-state index < -0.39 is 5.41 Å². The number of aromatic nitrogens is 5. The number of imidazole rings is 1. The second-order valence-electron chi connectivity index (χ2n) is 12.5. The number of halogens is 1. The highest BCUT2D eigenvalue weighted by Gasteiger charge is 2.37. The van der Waals surface area contributed by atoms with Gasteiger partial charge in [-0.05, 0) is 65.6 Å². The molecule has 0 unspecified atom stereocenters. The highest BCUT2D eigenvalue weighted by atomic mass is 35.5. The van der Waals surface area contributed by atoms with Crippen LogP contribution in [0.2, 0.25) is 5.02 Å². The van der Waals surface area contributed by atoms with Crippen LogP contribution in [0.4, 0.5) is 0 Å². The third-order valence-electron chi connectivity index (χ3n) is 9.42. The van der Waals surface area contributed by atoms with E-state index in [0.29, 0.717) is 22.6 Å². The zero-order valence-corrected chi connectivity index (χ0v) is 28.0. The molecule has 8 heteroatoms. The van der Waals surface area contributed by atoms with Gasteiger partial charge in [0.1, 0.15) is 0 Å². The summed E-state index contributed by atoms with van der Waals surface area (Å²) in [4.78, 5) is 27.1. The molecule has 0 spiro atoms. The van der Waals surface area contributed by atoms with Crippen molar-refractivity contribution in [1.29, 1.82) is 0 Å². The SMILES string of the molecule is C[C@@H](NC(=O)c1nc2cc3c(-c4ccncc4)[nH]n(CC(c4ccccc4)(c4ccccc4)c4ccccc4)c3cc2n1)c1cccc(Cl)c1. The summed E-state index contributed by atoms with van der Waals surface area (Å²) in [5.74, 6) is -0.229. The minimum atomic E-state index is -0.560. The smallest absolute Gasteiger partial charge is 0.289 e. The van der Waals surface area contributed by atoms with Crippen molar-refractivity contribution in [2.45, 2.75) is 24.9 Å². The van der Waals surface area contributed by atoms with Crippen molar-refractivity contribution in [3.63, 3.8) is 0 Å². The number of benzene rings is 5. The predicted molar refractivity (Wildman–Crippen MR) is 199 cm³/mol. The molecule has 0 fully saturated rings. The number of hydrogen-bond acceptors (Lipinski definition) is 4. The van der Waals surface area contributed by atoms with Gasteiger partial charge in [-0.25, -0.2) is 9.97 Å². The van der Waals surface area contributed by atoms with Crippen LogP contribution in [0.25, 0.3) is 33.2 Å². The summed E-state index contributed by atoms with van der Waals surface area (Å²) in [6, 6.07) is 47.1. The lowest BCUT2D eigenvalue weighted by Gasteiger charge is -2.36. The topological polar surface area (TPSA) is 88.5 Å². The van der Waals surface area contributed by atoms with Crippen LogP contribution in [-0.4, -0.2) is 30.6 Å². The number of carbonyl (C=O) groups excluding carboxylic acids is 1. The second-order valence-corrected chi connectivity index (χ2v) is 12.9. The number of fused-ring (bicyclic) bond motifs is 2. The second kappa shape index (κ2) is 13.1. The first-order valence-corrected chi connectivity index (χ1v) is 16.9. The van der Waals surface area contributed by atoms with Gasteiger partial charge in [0.15, 0.2) is 0 Å². The van der Waals surface area contributed by atoms with E-state index in [4.69, 9.17) is 21.6 Å². The lowest BCUT2D eigenvalue weighted by atomic mass is 9.69. The van der Waals surface area contributed by atoms with Gasteiger partial charge in [-0.2, -0.15) is 0 Å². The van der Waals surface area contributed by atoms with Gasteiger partial charge in [0.05, 0.1) is 40.2 Å². The Bertz CT molecular complexity index is 2330. The molecule has 0 bridgehead atoms. The van der Waals surface area contributed by atoms with E-state index in [-0.39, 0.29) is 17.8 Å². The quantitative estimate of drug-likeness (QED) is 0.150. The van der Waals surface area contributed by atoms with Crippen molar-refractivity contribution in [3.05, 3.63) is 185 Å². The zero-order valence-electron chi connectivity index (χ0n) is 27.3. The fourth-order valence-corrected chi connectivity index (χ4v) is 7.14. The first kappa shape index (κ1) is 31.2. The van der Waals surface area contributed by atoms with Crippen LogP contribution >= 0.6 is 11.6 Å². The molecule has 50 heavy (non-hydrogen) atoms. The summed E-state index contributed by atoms with van der Waals surface area (Å²) < 4.78 is 2.20. The van der Waals surface area contributed by atoms with E-state index in [9.17, 15) is 4.79 Å². The normalized spacial score (nSPS) is 12.3. The summed E-state index contributed by atoms with van der Waals surface area (Å²) in [6.45, 7) is 2.47. The molecule has 1 atom stereocenters. The lowest BCUT2D eigenvalue weighted by molar-refractivity contribution is 0.0930. The zero-order chi connectivity index (χ0) is 34.1. The molecule has 1 amide bonds. The van der Waals surface area contributed by atoms with Crippen LogP contribution in [0.1, 0.15) is 45.8 Å². The molecular weight excluding hydrogens is 640 g/mol. The van der Waals surface area contributed by atoms with Crippen molar-refractivity contribution < 1.29 is 4.79 Å². The third-order valence-corrected chi connectivity index (χ3v) is 9.65. The summed E-state index contributed by atoms with van der Waals surface area (Å²) in [6.07, 6.45) is 3.58. The van der Waals surface area contributed by atoms with Crippen molar-refractivity contribution in [3.8, 4) is 11.3 Å². The molecule has 8 aromatic rings. The lowest BCUT2D eigenvalue weighted by Crippen LogP contribution is -2.35.